The van der Waals surface area contributed by atoms with E-state index in [4.69, 9.17) is 16.3 Å². The zero-order valence-electron chi connectivity index (χ0n) is 12.9. The lowest BCUT2D eigenvalue weighted by molar-refractivity contribution is 0.189. The molecule has 0 radical (unpaired) electrons. The van der Waals surface area contributed by atoms with Crippen molar-refractivity contribution in [2.24, 2.45) is 7.05 Å². The largest absolute Gasteiger partial charge is 0.487 e. The van der Waals surface area contributed by atoms with E-state index in [1.165, 1.54) is 0 Å². The fourth-order valence-corrected chi connectivity index (χ4v) is 2.60. The van der Waals surface area contributed by atoms with Crippen molar-refractivity contribution in [1.29, 1.82) is 0 Å². The van der Waals surface area contributed by atoms with E-state index in [1.54, 1.807) is 11.6 Å². The number of aryl methyl sites for hydroxylation is 3. The van der Waals surface area contributed by atoms with E-state index < -0.39 is 6.10 Å². The van der Waals surface area contributed by atoms with Crippen LogP contribution in [0.25, 0.3) is 0 Å². The molecule has 0 spiro atoms. The zero-order chi connectivity index (χ0) is 15.6. The third-order valence-electron chi connectivity index (χ3n) is 3.48. The van der Waals surface area contributed by atoms with Gasteiger partial charge in [0.15, 0.2) is 0 Å². The van der Waals surface area contributed by atoms with E-state index in [-0.39, 0.29) is 0 Å². The number of hydrogen-bond donors (Lipinski definition) is 1. The second kappa shape index (κ2) is 6.50. The van der Waals surface area contributed by atoms with Gasteiger partial charge in [-0.25, -0.2) is 0 Å². The number of rotatable bonds is 5. The first kappa shape index (κ1) is 15.9. The lowest BCUT2D eigenvalue weighted by atomic mass is 10.1. The molecule has 1 heterocycles. The summed E-state index contributed by atoms with van der Waals surface area (Å²) in [6.07, 6.45) is 0.212. The van der Waals surface area contributed by atoms with Gasteiger partial charge in [-0.3, -0.25) is 4.68 Å². The first-order valence-corrected chi connectivity index (χ1v) is 7.43. The highest BCUT2D eigenvalue weighted by molar-refractivity contribution is 6.31. The summed E-state index contributed by atoms with van der Waals surface area (Å²) in [6.45, 7) is 6.06. The summed E-state index contributed by atoms with van der Waals surface area (Å²) in [5, 5.41) is 14.9. The lowest BCUT2D eigenvalue weighted by Gasteiger charge is -2.14. The van der Waals surface area contributed by atoms with Crippen LogP contribution in [0.4, 0.5) is 0 Å². The van der Waals surface area contributed by atoms with Gasteiger partial charge in [-0.05, 0) is 32.4 Å². The summed E-state index contributed by atoms with van der Waals surface area (Å²) in [5.74, 6) is 0.672. The molecule has 0 aliphatic rings. The van der Waals surface area contributed by atoms with Crippen molar-refractivity contribution < 1.29 is 9.84 Å². The van der Waals surface area contributed by atoms with Crippen molar-refractivity contribution in [3.8, 4) is 5.75 Å². The first-order chi connectivity index (χ1) is 9.93. The number of aliphatic hydroxyl groups excluding tert-OH is 1. The molecule has 0 amide bonds. The van der Waals surface area contributed by atoms with Gasteiger partial charge >= 0.3 is 0 Å². The Balaban J connectivity index is 2.23. The number of benzene rings is 1. The summed E-state index contributed by atoms with van der Waals surface area (Å²) in [5.41, 5.74) is 3.58. The van der Waals surface area contributed by atoms with E-state index in [9.17, 15) is 5.11 Å². The number of halogens is 1. The number of aliphatic hydroxyl groups is 1. The molecule has 1 N–H and O–H groups in total. The minimum absolute atomic E-state index is 0.325. The molecule has 2 rings (SSSR count). The van der Waals surface area contributed by atoms with Crippen LogP contribution in [0, 0.1) is 6.92 Å². The second-order valence-corrected chi connectivity index (χ2v) is 5.57. The molecule has 2 aromatic rings. The fourth-order valence-electron chi connectivity index (χ4n) is 2.25. The summed E-state index contributed by atoms with van der Waals surface area (Å²) < 4.78 is 7.60. The van der Waals surface area contributed by atoms with E-state index >= 15 is 0 Å². The van der Waals surface area contributed by atoms with Crippen LogP contribution in [0.5, 0.6) is 5.75 Å². The third kappa shape index (κ3) is 3.39. The Labute approximate surface area is 130 Å². The van der Waals surface area contributed by atoms with Gasteiger partial charge in [0.1, 0.15) is 12.4 Å². The average Bonchev–Trinajstić information content (AvgIpc) is 2.72. The van der Waals surface area contributed by atoms with Crippen molar-refractivity contribution >= 4 is 11.6 Å². The topological polar surface area (TPSA) is 47.3 Å². The minimum atomic E-state index is -0.576. The molecule has 0 saturated carbocycles. The van der Waals surface area contributed by atoms with Gasteiger partial charge in [0.2, 0.25) is 0 Å². The standard InChI is InChI=1S/C16H21ClN2O2/c1-5-13-16(17)14(19(4)18-13)9-21-15-7-6-10(2)8-12(15)11(3)20/h6-8,11,20H,5,9H2,1-4H3. The Bertz CT molecular complexity index is 635. The van der Waals surface area contributed by atoms with Crippen LogP contribution >= 0.6 is 11.6 Å². The van der Waals surface area contributed by atoms with Crippen molar-refractivity contribution in [2.75, 3.05) is 0 Å². The normalized spacial score (nSPS) is 12.5. The maximum Gasteiger partial charge on any atom is 0.131 e. The van der Waals surface area contributed by atoms with Gasteiger partial charge in [-0.2, -0.15) is 5.10 Å². The van der Waals surface area contributed by atoms with Crippen LogP contribution in [-0.2, 0) is 20.1 Å². The summed E-state index contributed by atoms with van der Waals surface area (Å²) in [7, 11) is 1.86. The third-order valence-corrected chi connectivity index (χ3v) is 3.92. The Kier molecular flexibility index (Phi) is 4.91. The van der Waals surface area contributed by atoms with E-state index in [0.717, 1.165) is 28.9 Å². The van der Waals surface area contributed by atoms with E-state index in [0.29, 0.717) is 17.4 Å². The van der Waals surface area contributed by atoms with Gasteiger partial charge in [0, 0.05) is 12.6 Å². The maximum absolute atomic E-state index is 9.85. The zero-order valence-corrected chi connectivity index (χ0v) is 13.6. The quantitative estimate of drug-likeness (QED) is 0.918. The van der Waals surface area contributed by atoms with Gasteiger partial charge < -0.3 is 9.84 Å². The van der Waals surface area contributed by atoms with Crippen molar-refractivity contribution in [2.45, 2.75) is 39.9 Å². The highest BCUT2D eigenvalue weighted by Gasteiger charge is 2.15. The van der Waals surface area contributed by atoms with Crippen molar-refractivity contribution in [1.82, 2.24) is 9.78 Å². The molecule has 114 valence electrons. The molecule has 0 aliphatic carbocycles. The highest BCUT2D eigenvalue weighted by atomic mass is 35.5. The molecule has 0 saturated heterocycles. The molecule has 1 unspecified atom stereocenters. The van der Waals surface area contributed by atoms with E-state index in [1.807, 2.05) is 39.1 Å². The second-order valence-electron chi connectivity index (χ2n) is 5.19. The summed E-state index contributed by atoms with van der Waals surface area (Å²) in [4.78, 5) is 0. The number of hydrogen-bond acceptors (Lipinski definition) is 3. The van der Waals surface area contributed by atoms with E-state index in [2.05, 4.69) is 5.10 Å². The Morgan fingerprint density at radius 3 is 2.71 bits per heavy atom. The minimum Gasteiger partial charge on any atom is -0.487 e. The van der Waals surface area contributed by atoms with Crippen LogP contribution in [0.1, 0.15) is 42.5 Å². The van der Waals surface area contributed by atoms with Gasteiger partial charge in [0.25, 0.3) is 0 Å². The molecular weight excluding hydrogens is 288 g/mol. The van der Waals surface area contributed by atoms with Crippen LogP contribution in [0.2, 0.25) is 5.02 Å². The molecule has 0 aliphatic heterocycles. The molecule has 0 bridgehead atoms. The van der Waals surface area contributed by atoms with Crippen LogP contribution in [-0.4, -0.2) is 14.9 Å². The van der Waals surface area contributed by atoms with Gasteiger partial charge in [0.05, 0.1) is 22.5 Å². The summed E-state index contributed by atoms with van der Waals surface area (Å²) >= 11 is 6.31. The molecular formula is C16H21ClN2O2. The smallest absolute Gasteiger partial charge is 0.131 e. The number of nitrogens with zero attached hydrogens (tertiary/aromatic N) is 2. The Hall–Kier alpha value is -1.52. The monoisotopic (exact) mass is 308 g/mol. The molecule has 1 aromatic carbocycles. The SMILES string of the molecule is CCc1nn(C)c(COc2ccc(C)cc2C(C)O)c1Cl. The van der Waals surface area contributed by atoms with Crippen LogP contribution in [0.3, 0.4) is 0 Å². The predicted octanol–water partition coefficient (Wildman–Crippen LogP) is 3.58. The highest BCUT2D eigenvalue weighted by Crippen LogP contribution is 2.28. The number of aromatic nitrogens is 2. The predicted molar refractivity (Wildman–Crippen MR) is 83.7 cm³/mol. The van der Waals surface area contributed by atoms with Crippen molar-refractivity contribution in [3.63, 3.8) is 0 Å². The van der Waals surface area contributed by atoms with Gasteiger partial charge in [-0.1, -0.05) is 30.2 Å². The molecule has 1 aromatic heterocycles. The van der Waals surface area contributed by atoms with Crippen LogP contribution in [0.15, 0.2) is 18.2 Å². The Morgan fingerprint density at radius 1 is 1.43 bits per heavy atom. The Morgan fingerprint density at radius 2 is 2.14 bits per heavy atom. The first-order valence-electron chi connectivity index (χ1n) is 7.05. The number of ether oxygens (including phenoxy) is 1. The molecule has 5 heteroatoms. The van der Waals surface area contributed by atoms with Crippen molar-refractivity contribution in [3.05, 3.63) is 45.7 Å². The molecule has 1 atom stereocenters. The summed E-state index contributed by atoms with van der Waals surface area (Å²) in [6, 6.07) is 5.77. The average molecular weight is 309 g/mol. The van der Waals surface area contributed by atoms with Gasteiger partial charge in [-0.15, -0.1) is 0 Å². The molecule has 4 nitrogen and oxygen atoms in total. The lowest BCUT2D eigenvalue weighted by Crippen LogP contribution is -2.06. The maximum atomic E-state index is 9.85. The van der Waals surface area contributed by atoms with Crippen LogP contribution < -0.4 is 4.74 Å². The molecule has 21 heavy (non-hydrogen) atoms. The fraction of sp³-hybridized carbons (Fsp3) is 0.438. The molecule has 0 fully saturated rings.